The highest BCUT2D eigenvalue weighted by Crippen LogP contribution is 2.35. The van der Waals surface area contributed by atoms with Gasteiger partial charge in [-0.3, -0.25) is 4.99 Å². The highest BCUT2D eigenvalue weighted by molar-refractivity contribution is 6.31. The van der Waals surface area contributed by atoms with Crippen LogP contribution in [0.3, 0.4) is 0 Å². The van der Waals surface area contributed by atoms with E-state index in [4.69, 9.17) is 26.7 Å². The van der Waals surface area contributed by atoms with Crippen molar-refractivity contribution in [3.05, 3.63) is 99.1 Å². The van der Waals surface area contributed by atoms with Crippen molar-refractivity contribution >= 4 is 29.2 Å². The Hall–Kier alpha value is -3.84. The van der Waals surface area contributed by atoms with Crippen molar-refractivity contribution in [3.63, 3.8) is 0 Å². The Morgan fingerprint density at radius 1 is 1.15 bits per heavy atom. The van der Waals surface area contributed by atoms with E-state index in [1.54, 1.807) is 36.5 Å². The van der Waals surface area contributed by atoms with Gasteiger partial charge < -0.3 is 10.4 Å². The van der Waals surface area contributed by atoms with Crippen LogP contribution in [0.5, 0.6) is 0 Å². The summed E-state index contributed by atoms with van der Waals surface area (Å²) < 4.78 is 14.9. The van der Waals surface area contributed by atoms with E-state index in [9.17, 15) is 9.18 Å². The van der Waals surface area contributed by atoms with Gasteiger partial charge in [0.15, 0.2) is 0 Å². The second-order valence-corrected chi connectivity index (χ2v) is 10.8. The summed E-state index contributed by atoms with van der Waals surface area (Å²) in [6, 6.07) is 10.4. The van der Waals surface area contributed by atoms with E-state index < -0.39 is 5.97 Å². The van der Waals surface area contributed by atoms with Gasteiger partial charge in [0.25, 0.3) is 0 Å². The summed E-state index contributed by atoms with van der Waals surface area (Å²) in [6.07, 6.45) is 8.72. The van der Waals surface area contributed by atoms with Gasteiger partial charge in [-0.1, -0.05) is 69.5 Å². The number of aliphatic imine (C=N–C) groups is 1. The van der Waals surface area contributed by atoms with Crippen LogP contribution in [-0.4, -0.2) is 26.8 Å². The monoisotopic (exact) mass is 560 g/mol. The molecule has 1 aliphatic heterocycles. The van der Waals surface area contributed by atoms with Gasteiger partial charge in [-0.15, -0.1) is 0 Å². The summed E-state index contributed by atoms with van der Waals surface area (Å²) in [5.74, 6) is 0.0356. The van der Waals surface area contributed by atoms with Gasteiger partial charge >= 0.3 is 5.97 Å². The van der Waals surface area contributed by atoms with Crippen molar-refractivity contribution in [1.29, 1.82) is 0 Å². The maximum absolute atomic E-state index is 14.9. The van der Waals surface area contributed by atoms with Crippen molar-refractivity contribution in [1.82, 2.24) is 9.97 Å². The lowest BCUT2D eigenvalue weighted by atomic mass is 9.93. The molecule has 0 unspecified atom stereocenters. The van der Waals surface area contributed by atoms with E-state index in [1.807, 2.05) is 19.1 Å². The van der Waals surface area contributed by atoms with E-state index in [0.717, 1.165) is 28.3 Å². The quantitative estimate of drug-likeness (QED) is 0.318. The number of anilines is 1. The molecule has 0 atom stereocenters. The third kappa shape index (κ3) is 6.83. The molecule has 2 N–H and O–H groups in total. The molecule has 40 heavy (non-hydrogen) atoms. The van der Waals surface area contributed by atoms with Gasteiger partial charge in [-0.25, -0.2) is 19.2 Å². The van der Waals surface area contributed by atoms with Crippen molar-refractivity contribution in [2.75, 3.05) is 5.32 Å². The van der Waals surface area contributed by atoms with Gasteiger partial charge in [-0.2, -0.15) is 0 Å². The van der Waals surface area contributed by atoms with E-state index >= 15 is 0 Å². The highest BCUT2D eigenvalue weighted by atomic mass is 35.5. The summed E-state index contributed by atoms with van der Waals surface area (Å²) in [5, 5.41) is 12.8. The molecule has 0 amide bonds. The largest absolute Gasteiger partial charge is 0.478 e. The number of nitrogens with zero attached hydrogens (tertiary/aromatic N) is 3. The van der Waals surface area contributed by atoms with Gasteiger partial charge in [0, 0.05) is 44.7 Å². The van der Waals surface area contributed by atoms with Crippen molar-refractivity contribution in [3.8, 4) is 11.3 Å². The number of aliphatic carboxylic acids is 1. The number of nitrogens with one attached hydrogen (secondary N) is 1. The van der Waals surface area contributed by atoms with Crippen LogP contribution >= 0.6 is 11.6 Å². The number of hydrogen-bond acceptors (Lipinski definition) is 5. The molecule has 3 aromatic rings. The predicted molar refractivity (Wildman–Crippen MR) is 159 cm³/mol. The maximum atomic E-state index is 14.9. The van der Waals surface area contributed by atoms with Crippen molar-refractivity contribution < 1.29 is 14.3 Å². The SMILES string of the molecule is CCCC(C)C.Cc1cccc(F)c1C1=NCc2cnc(NC3=CC=C(C(=O)O)CC3)nc2-c2ccc(Cl)cc21. The van der Waals surface area contributed by atoms with Crippen molar-refractivity contribution in [2.24, 2.45) is 10.9 Å². The number of fused-ring (bicyclic) bond motifs is 3. The van der Waals surface area contributed by atoms with Crippen LogP contribution in [0.25, 0.3) is 11.3 Å². The number of aryl methyl sites for hydroxylation is 1. The fourth-order valence-electron chi connectivity index (χ4n) is 4.77. The summed E-state index contributed by atoms with van der Waals surface area (Å²) >= 11 is 6.33. The average molecular weight is 561 g/mol. The molecular weight excluding hydrogens is 527 g/mol. The van der Waals surface area contributed by atoms with Crippen LogP contribution in [0.4, 0.5) is 10.3 Å². The number of halogens is 2. The Balaban J connectivity index is 0.000000557. The number of aromatic nitrogens is 2. The van der Waals surface area contributed by atoms with Gasteiger partial charge in [0.1, 0.15) is 5.82 Å². The number of carbonyl (C=O) groups is 1. The lowest BCUT2D eigenvalue weighted by Gasteiger charge is -2.16. The number of benzene rings is 2. The number of carboxylic acids is 1. The van der Waals surface area contributed by atoms with Crippen LogP contribution in [0.15, 0.2) is 71.0 Å². The normalized spacial score (nSPS) is 14.0. The molecule has 0 spiro atoms. The molecule has 0 bridgehead atoms. The first-order valence-corrected chi connectivity index (χ1v) is 13.9. The third-order valence-electron chi connectivity index (χ3n) is 6.79. The van der Waals surface area contributed by atoms with Crippen LogP contribution in [0.2, 0.25) is 5.02 Å². The Labute approximate surface area is 239 Å². The zero-order valence-corrected chi connectivity index (χ0v) is 24.0. The Kier molecular flexibility index (Phi) is 9.48. The van der Waals surface area contributed by atoms with Crippen LogP contribution in [0.1, 0.15) is 68.7 Å². The van der Waals surface area contributed by atoms with E-state index in [2.05, 4.69) is 31.1 Å². The molecule has 0 fully saturated rings. The third-order valence-corrected chi connectivity index (χ3v) is 7.02. The molecule has 208 valence electrons. The minimum Gasteiger partial charge on any atom is -0.478 e. The van der Waals surface area contributed by atoms with Gasteiger partial charge in [-0.05, 0) is 55.5 Å². The second-order valence-electron chi connectivity index (χ2n) is 10.4. The van der Waals surface area contributed by atoms with Crippen LogP contribution in [-0.2, 0) is 11.3 Å². The van der Waals surface area contributed by atoms with Crippen LogP contribution < -0.4 is 5.32 Å². The second kappa shape index (κ2) is 13.0. The molecule has 1 aromatic heterocycles. The minimum absolute atomic E-state index is 0.290. The van der Waals surface area contributed by atoms with E-state index in [1.165, 1.54) is 18.9 Å². The summed E-state index contributed by atoms with van der Waals surface area (Å²) in [6.45, 7) is 8.87. The zero-order chi connectivity index (χ0) is 28.8. The Morgan fingerprint density at radius 3 is 2.58 bits per heavy atom. The topological polar surface area (TPSA) is 87.5 Å². The van der Waals surface area contributed by atoms with Crippen molar-refractivity contribution in [2.45, 2.75) is 59.9 Å². The molecule has 0 saturated heterocycles. The minimum atomic E-state index is -0.909. The maximum Gasteiger partial charge on any atom is 0.331 e. The number of carboxylic acid groups (broad SMARTS) is 1. The highest BCUT2D eigenvalue weighted by Gasteiger charge is 2.24. The standard InChI is InChI=1S/C26H20ClFN4O2.C6H14/c1-14-3-2-4-21(28)22(14)24-20-11-17(27)7-10-19(20)23-16(12-29-24)13-30-26(32-23)31-18-8-5-15(6-9-18)25(33)34;1-4-5-6(2)3/h2-5,7-8,10-11,13H,6,9,12H2,1H3,(H,33,34)(H,30,31,32);6H,4-5H2,1-3H3. The fourth-order valence-corrected chi connectivity index (χ4v) is 4.94. The average Bonchev–Trinajstić information content (AvgIpc) is 3.06. The number of allylic oxidation sites excluding steroid dienone is 3. The molecule has 2 aliphatic rings. The molecule has 2 aromatic carbocycles. The fraction of sp³-hybridized carbons (Fsp3) is 0.312. The summed E-state index contributed by atoms with van der Waals surface area (Å²) in [5.41, 5.74) is 5.94. The van der Waals surface area contributed by atoms with Crippen LogP contribution in [0, 0.1) is 18.7 Å². The number of rotatable bonds is 6. The lowest BCUT2D eigenvalue weighted by Crippen LogP contribution is -2.11. The lowest BCUT2D eigenvalue weighted by molar-refractivity contribution is -0.132. The Morgan fingerprint density at radius 2 is 1.95 bits per heavy atom. The summed E-state index contributed by atoms with van der Waals surface area (Å²) in [4.78, 5) is 25.1. The summed E-state index contributed by atoms with van der Waals surface area (Å²) in [7, 11) is 0. The first kappa shape index (κ1) is 29.2. The predicted octanol–water partition coefficient (Wildman–Crippen LogP) is 8.14. The zero-order valence-electron chi connectivity index (χ0n) is 23.3. The van der Waals surface area contributed by atoms with Gasteiger partial charge in [0.05, 0.1) is 18.0 Å². The van der Waals surface area contributed by atoms with E-state index in [-0.39, 0.29) is 5.82 Å². The smallest absolute Gasteiger partial charge is 0.331 e. The molecule has 0 radical (unpaired) electrons. The molecule has 6 nitrogen and oxygen atoms in total. The van der Waals surface area contributed by atoms with E-state index in [0.29, 0.717) is 58.5 Å². The molecule has 2 heterocycles. The molecule has 0 saturated carbocycles. The molecule has 8 heteroatoms. The Bertz CT molecular complexity index is 1490. The molecule has 5 rings (SSSR count). The van der Waals surface area contributed by atoms with Gasteiger partial charge in [0.2, 0.25) is 5.95 Å². The number of hydrogen-bond donors (Lipinski definition) is 2. The molecular formula is C32H34ClFN4O2. The first-order chi connectivity index (χ1) is 19.2. The molecule has 1 aliphatic carbocycles. The first-order valence-electron chi connectivity index (χ1n) is 13.5.